The van der Waals surface area contributed by atoms with Crippen LogP contribution in [-0.2, 0) is 15.1 Å². The molecule has 0 saturated heterocycles. The fourth-order valence-corrected chi connectivity index (χ4v) is 2.18. The van der Waals surface area contributed by atoms with Crippen molar-refractivity contribution < 1.29 is 27.8 Å². The van der Waals surface area contributed by atoms with Crippen LogP contribution >= 0.6 is 0 Å². The number of hydrogen-bond donors (Lipinski definition) is 1. The van der Waals surface area contributed by atoms with E-state index in [0.717, 1.165) is 13.2 Å². The van der Waals surface area contributed by atoms with E-state index in [0.29, 0.717) is 6.07 Å². The lowest BCUT2D eigenvalue weighted by Crippen LogP contribution is -2.40. The van der Waals surface area contributed by atoms with Gasteiger partial charge in [0, 0.05) is 12.7 Å². The molecular weight excluding hydrogens is 285 g/mol. The van der Waals surface area contributed by atoms with Gasteiger partial charge in [-0.2, -0.15) is 0 Å². The van der Waals surface area contributed by atoms with Crippen LogP contribution in [0.5, 0.6) is 0 Å². The number of rotatable bonds is 4. The number of hydrogen-bond acceptors (Lipinski definition) is 2. The number of carboxylic acid groups (broad SMARTS) is 1. The molecule has 1 N–H and O–H groups in total. The highest BCUT2D eigenvalue weighted by Gasteiger charge is 2.45. The first kappa shape index (κ1) is 15.1. The zero-order chi connectivity index (χ0) is 15.6. The molecule has 0 radical (unpaired) electrons. The zero-order valence-corrected chi connectivity index (χ0v) is 10.9. The van der Waals surface area contributed by atoms with E-state index in [1.54, 1.807) is 6.07 Å². The average Bonchev–Trinajstić information content (AvgIpc) is 2.49. The molecule has 0 bridgehead atoms. The molecule has 3 nitrogen and oxygen atoms in total. The van der Waals surface area contributed by atoms with Gasteiger partial charge in [0.05, 0.1) is 0 Å². The zero-order valence-electron chi connectivity index (χ0n) is 10.9. The van der Waals surface area contributed by atoms with Gasteiger partial charge in [-0.05, 0) is 17.7 Å². The van der Waals surface area contributed by atoms with Crippen LogP contribution in [0.1, 0.15) is 11.1 Å². The average molecular weight is 296 g/mol. The van der Waals surface area contributed by atoms with Gasteiger partial charge in [-0.15, -0.1) is 0 Å². The molecule has 2 aromatic rings. The summed E-state index contributed by atoms with van der Waals surface area (Å²) in [6.07, 6.45) is 0. The number of benzene rings is 2. The Balaban J connectivity index is 2.79. The first-order valence-corrected chi connectivity index (χ1v) is 5.93. The quantitative estimate of drug-likeness (QED) is 0.882. The van der Waals surface area contributed by atoms with E-state index in [9.17, 15) is 23.1 Å². The molecule has 0 spiro atoms. The van der Waals surface area contributed by atoms with Gasteiger partial charge in [-0.3, -0.25) is 0 Å². The van der Waals surface area contributed by atoms with Gasteiger partial charge in [-0.1, -0.05) is 30.3 Å². The van der Waals surface area contributed by atoms with Gasteiger partial charge >= 0.3 is 5.97 Å². The Morgan fingerprint density at radius 1 is 1.05 bits per heavy atom. The predicted octanol–water partition coefficient (Wildman–Crippen LogP) is 3.08. The fraction of sp³-hybridized carbons (Fsp3) is 0.133. The highest BCUT2D eigenvalue weighted by molar-refractivity contribution is 5.84. The Hall–Kier alpha value is -2.34. The van der Waals surface area contributed by atoms with Crippen LogP contribution in [0.15, 0.2) is 42.5 Å². The van der Waals surface area contributed by atoms with Crippen molar-refractivity contribution in [3.8, 4) is 0 Å². The van der Waals surface area contributed by atoms with Gasteiger partial charge in [0.25, 0.3) is 0 Å². The van der Waals surface area contributed by atoms with E-state index in [-0.39, 0.29) is 5.56 Å². The molecule has 1 atom stereocenters. The molecule has 0 unspecified atom stereocenters. The summed E-state index contributed by atoms with van der Waals surface area (Å²) in [4.78, 5) is 11.7. The summed E-state index contributed by atoms with van der Waals surface area (Å²) in [5.74, 6) is -6.28. The van der Waals surface area contributed by atoms with Gasteiger partial charge in [-0.25, -0.2) is 18.0 Å². The third kappa shape index (κ3) is 2.27. The van der Waals surface area contributed by atoms with Crippen LogP contribution in [0.2, 0.25) is 0 Å². The highest BCUT2D eigenvalue weighted by Crippen LogP contribution is 2.36. The van der Waals surface area contributed by atoms with Crippen molar-refractivity contribution in [1.82, 2.24) is 0 Å². The standard InChI is InChI=1S/C15H11F3O3/c1-21-15(14(19)20,9-5-3-2-4-6-9)10-7-8-11(16)13(18)12(10)17/h2-8H,1H3,(H,19,20)/t15-/m1/s1. The molecule has 0 fully saturated rings. The van der Waals surface area contributed by atoms with E-state index in [1.807, 2.05) is 0 Å². The maximum Gasteiger partial charge on any atom is 0.345 e. The molecule has 6 heteroatoms. The van der Waals surface area contributed by atoms with E-state index < -0.39 is 34.6 Å². The first-order valence-electron chi connectivity index (χ1n) is 5.93. The molecule has 0 aliphatic rings. The number of halogens is 3. The molecule has 110 valence electrons. The lowest BCUT2D eigenvalue weighted by atomic mass is 9.85. The van der Waals surface area contributed by atoms with E-state index >= 15 is 0 Å². The minimum absolute atomic E-state index is 0.0879. The van der Waals surface area contributed by atoms with E-state index in [1.165, 1.54) is 24.3 Å². The summed E-state index contributed by atoms with van der Waals surface area (Å²) >= 11 is 0. The maximum atomic E-state index is 14.0. The largest absolute Gasteiger partial charge is 0.479 e. The first-order chi connectivity index (χ1) is 9.95. The minimum Gasteiger partial charge on any atom is -0.479 e. The van der Waals surface area contributed by atoms with Crippen molar-refractivity contribution >= 4 is 5.97 Å². The van der Waals surface area contributed by atoms with Crippen molar-refractivity contribution in [3.05, 3.63) is 71.0 Å². The minimum atomic E-state index is -2.26. The second-order valence-electron chi connectivity index (χ2n) is 4.28. The van der Waals surface area contributed by atoms with Gasteiger partial charge < -0.3 is 9.84 Å². The molecule has 2 aromatic carbocycles. The van der Waals surface area contributed by atoms with Crippen molar-refractivity contribution in [2.24, 2.45) is 0 Å². The lowest BCUT2D eigenvalue weighted by molar-refractivity contribution is -0.158. The number of aliphatic carboxylic acids is 1. The molecule has 0 saturated carbocycles. The maximum absolute atomic E-state index is 14.0. The number of methoxy groups -OCH3 is 1. The van der Waals surface area contributed by atoms with Crippen molar-refractivity contribution in [2.45, 2.75) is 5.60 Å². The second-order valence-corrected chi connectivity index (χ2v) is 4.28. The number of carbonyl (C=O) groups is 1. The predicted molar refractivity (Wildman–Crippen MR) is 68.2 cm³/mol. The van der Waals surface area contributed by atoms with E-state index in [2.05, 4.69) is 0 Å². The van der Waals surface area contributed by atoms with Crippen molar-refractivity contribution in [1.29, 1.82) is 0 Å². The molecule has 0 heterocycles. The summed E-state index contributed by atoms with van der Waals surface area (Å²) in [7, 11) is 1.06. The van der Waals surface area contributed by atoms with Crippen LogP contribution in [0.4, 0.5) is 13.2 Å². The summed E-state index contributed by atoms with van der Waals surface area (Å²) in [6, 6.07) is 9.02. The Morgan fingerprint density at radius 3 is 2.19 bits per heavy atom. The topological polar surface area (TPSA) is 46.5 Å². The Labute approximate surface area is 118 Å². The molecule has 0 aliphatic carbocycles. The fourth-order valence-electron chi connectivity index (χ4n) is 2.18. The van der Waals surface area contributed by atoms with Crippen LogP contribution in [0, 0.1) is 17.5 Å². The SMILES string of the molecule is CO[C@](C(=O)O)(c1ccccc1)c1ccc(F)c(F)c1F. The number of carboxylic acids is 1. The molecule has 2 rings (SSSR count). The summed E-state index contributed by atoms with van der Waals surface area (Å²) in [6.45, 7) is 0. The van der Waals surface area contributed by atoms with Crippen molar-refractivity contribution in [2.75, 3.05) is 7.11 Å². The van der Waals surface area contributed by atoms with Gasteiger partial charge in [0.1, 0.15) is 0 Å². The summed E-state index contributed by atoms with van der Waals surface area (Å²) in [5, 5.41) is 9.51. The molecule has 0 amide bonds. The normalized spacial score (nSPS) is 13.7. The van der Waals surface area contributed by atoms with Crippen LogP contribution in [-0.4, -0.2) is 18.2 Å². The Bertz CT molecular complexity index is 673. The van der Waals surface area contributed by atoms with Gasteiger partial charge in [0.15, 0.2) is 17.5 Å². The Morgan fingerprint density at radius 2 is 1.67 bits per heavy atom. The van der Waals surface area contributed by atoms with Crippen LogP contribution in [0.25, 0.3) is 0 Å². The van der Waals surface area contributed by atoms with Crippen molar-refractivity contribution in [3.63, 3.8) is 0 Å². The number of ether oxygens (including phenoxy) is 1. The lowest BCUT2D eigenvalue weighted by Gasteiger charge is -2.29. The molecular formula is C15H11F3O3. The molecule has 21 heavy (non-hydrogen) atoms. The summed E-state index contributed by atoms with van der Waals surface area (Å²) < 4.78 is 45.5. The highest BCUT2D eigenvalue weighted by atomic mass is 19.2. The summed E-state index contributed by atoms with van der Waals surface area (Å²) in [5.41, 5.74) is -2.78. The van der Waals surface area contributed by atoms with Crippen LogP contribution in [0.3, 0.4) is 0 Å². The van der Waals surface area contributed by atoms with Crippen LogP contribution < -0.4 is 0 Å². The smallest absolute Gasteiger partial charge is 0.345 e. The molecule has 0 aliphatic heterocycles. The molecule has 0 aromatic heterocycles. The Kier molecular flexibility index (Phi) is 3.99. The van der Waals surface area contributed by atoms with E-state index in [4.69, 9.17) is 4.74 Å². The monoisotopic (exact) mass is 296 g/mol. The third-order valence-corrected chi connectivity index (χ3v) is 3.20. The second kappa shape index (κ2) is 5.57. The van der Waals surface area contributed by atoms with Gasteiger partial charge in [0.2, 0.25) is 5.60 Å². The third-order valence-electron chi connectivity index (χ3n) is 3.20.